The second kappa shape index (κ2) is 6.14. The molecule has 1 aromatic heterocycles. The molecule has 0 amide bonds. The molecule has 0 atom stereocenters. The molecule has 0 bridgehead atoms. The predicted octanol–water partition coefficient (Wildman–Crippen LogP) is 4.71. The summed E-state index contributed by atoms with van der Waals surface area (Å²) >= 11 is 9.37. The lowest BCUT2D eigenvalue weighted by Gasteiger charge is -2.11. The minimum absolute atomic E-state index is 0.347. The van der Waals surface area contributed by atoms with E-state index in [-0.39, 0.29) is 5.82 Å². The molecule has 1 N–H and O–H groups in total. The van der Waals surface area contributed by atoms with E-state index in [1.165, 1.54) is 12.1 Å². The largest absolute Gasteiger partial charge is 0.379 e. The minimum atomic E-state index is -0.364. The molecule has 3 nitrogen and oxygen atoms in total. The van der Waals surface area contributed by atoms with Gasteiger partial charge in [-0.15, -0.1) is 0 Å². The van der Waals surface area contributed by atoms with Gasteiger partial charge in [0.2, 0.25) is 0 Å². The van der Waals surface area contributed by atoms with Crippen LogP contribution in [0.15, 0.2) is 22.8 Å². The predicted molar refractivity (Wildman–Crippen MR) is 83.7 cm³/mol. The summed E-state index contributed by atoms with van der Waals surface area (Å²) < 4.78 is 15.6. The van der Waals surface area contributed by atoms with Crippen LogP contribution < -0.4 is 5.32 Å². The van der Waals surface area contributed by atoms with Crippen molar-refractivity contribution < 1.29 is 4.39 Å². The van der Waals surface area contributed by atoms with Gasteiger partial charge in [0.25, 0.3) is 0 Å². The lowest BCUT2D eigenvalue weighted by molar-refractivity contribution is 0.627. The van der Waals surface area contributed by atoms with Crippen molar-refractivity contribution in [2.24, 2.45) is 7.05 Å². The second-order valence-corrected chi connectivity index (χ2v) is 6.23. The smallest absolute Gasteiger partial charge is 0.125 e. The number of aromatic nitrogens is 2. The molecule has 0 saturated heterocycles. The van der Waals surface area contributed by atoms with Crippen LogP contribution in [0.5, 0.6) is 0 Å². The van der Waals surface area contributed by atoms with E-state index in [2.05, 4.69) is 40.2 Å². The maximum atomic E-state index is 13.2. The number of halogens is 3. The normalized spacial score (nSPS) is 11.2. The first-order chi connectivity index (χ1) is 9.38. The van der Waals surface area contributed by atoms with Crippen LogP contribution in [0.4, 0.5) is 10.1 Å². The van der Waals surface area contributed by atoms with Gasteiger partial charge in [0.15, 0.2) is 0 Å². The third kappa shape index (κ3) is 3.33. The van der Waals surface area contributed by atoms with Crippen LogP contribution in [0.3, 0.4) is 0 Å². The van der Waals surface area contributed by atoms with E-state index in [9.17, 15) is 4.39 Å². The summed E-state index contributed by atoms with van der Waals surface area (Å²) in [5.74, 6) is -0.0168. The maximum Gasteiger partial charge on any atom is 0.125 e. The third-order valence-electron chi connectivity index (χ3n) is 2.95. The zero-order valence-electron chi connectivity index (χ0n) is 11.5. The van der Waals surface area contributed by atoms with Crippen molar-refractivity contribution in [3.63, 3.8) is 0 Å². The standard InChI is InChI=1S/C14H16BrClFN3/c1-8(2)13-9(7-20(3)19-13)6-18-14-11(15)4-10(17)5-12(14)16/h4-5,7-8,18H,6H2,1-3H3. The van der Waals surface area contributed by atoms with Crippen LogP contribution in [0.1, 0.15) is 31.0 Å². The van der Waals surface area contributed by atoms with Gasteiger partial charge in [0.05, 0.1) is 16.4 Å². The Hall–Kier alpha value is -1.07. The molecule has 0 unspecified atom stereocenters. The van der Waals surface area contributed by atoms with Gasteiger partial charge in [-0.3, -0.25) is 4.68 Å². The summed E-state index contributed by atoms with van der Waals surface area (Å²) in [5, 5.41) is 8.04. The van der Waals surface area contributed by atoms with E-state index < -0.39 is 0 Å². The molecule has 20 heavy (non-hydrogen) atoms. The number of rotatable bonds is 4. The van der Waals surface area contributed by atoms with Crippen molar-refractivity contribution in [2.45, 2.75) is 26.3 Å². The number of hydrogen-bond donors (Lipinski definition) is 1. The van der Waals surface area contributed by atoms with Crippen molar-refractivity contribution in [3.8, 4) is 0 Å². The van der Waals surface area contributed by atoms with E-state index >= 15 is 0 Å². The molecular weight excluding hydrogens is 345 g/mol. The molecule has 0 aliphatic carbocycles. The highest BCUT2D eigenvalue weighted by atomic mass is 79.9. The molecule has 0 fully saturated rings. The van der Waals surface area contributed by atoms with Crippen molar-refractivity contribution in [2.75, 3.05) is 5.32 Å². The quantitative estimate of drug-likeness (QED) is 0.855. The van der Waals surface area contributed by atoms with Gasteiger partial charge < -0.3 is 5.32 Å². The summed E-state index contributed by atoms with van der Waals surface area (Å²) in [5.41, 5.74) is 2.84. The molecule has 0 radical (unpaired) electrons. The Morgan fingerprint density at radius 3 is 2.75 bits per heavy atom. The summed E-state index contributed by atoms with van der Waals surface area (Å²) in [7, 11) is 1.90. The van der Waals surface area contributed by atoms with Gasteiger partial charge in [-0.2, -0.15) is 5.10 Å². The lowest BCUT2D eigenvalue weighted by atomic mass is 10.1. The van der Waals surface area contributed by atoms with Crippen LogP contribution in [0.2, 0.25) is 5.02 Å². The molecule has 108 valence electrons. The van der Waals surface area contributed by atoms with E-state index in [1.54, 1.807) is 4.68 Å². The highest BCUT2D eigenvalue weighted by molar-refractivity contribution is 9.10. The summed E-state index contributed by atoms with van der Waals surface area (Å²) in [6, 6.07) is 2.68. The fourth-order valence-corrected chi connectivity index (χ4v) is 3.03. The van der Waals surface area contributed by atoms with Crippen molar-refractivity contribution in [1.29, 1.82) is 0 Å². The van der Waals surface area contributed by atoms with Gasteiger partial charge in [0, 0.05) is 29.8 Å². The molecule has 0 aliphatic rings. The number of aryl methyl sites for hydroxylation is 1. The molecule has 0 spiro atoms. The SMILES string of the molecule is CC(C)c1nn(C)cc1CNc1c(Cl)cc(F)cc1Br. The monoisotopic (exact) mass is 359 g/mol. The van der Waals surface area contributed by atoms with Crippen LogP contribution in [0, 0.1) is 5.82 Å². The fraction of sp³-hybridized carbons (Fsp3) is 0.357. The number of nitrogens with one attached hydrogen (secondary N) is 1. The third-order valence-corrected chi connectivity index (χ3v) is 3.87. The molecule has 2 rings (SSSR count). The molecule has 0 saturated carbocycles. The zero-order chi connectivity index (χ0) is 14.9. The molecule has 1 heterocycles. The fourth-order valence-electron chi connectivity index (χ4n) is 2.07. The van der Waals surface area contributed by atoms with Crippen LogP contribution >= 0.6 is 27.5 Å². The van der Waals surface area contributed by atoms with Gasteiger partial charge in [0.1, 0.15) is 5.82 Å². The van der Waals surface area contributed by atoms with Crippen molar-refractivity contribution in [1.82, 2.24) is 9.78 Å². The average Bonchev–Trinajstić information content (AvgIpc) is 2.69. The lowest BCUT2D eigenvalue weighted by Crippen LogP contribution is -2.04. The van der Waals surface area contributed by atoms with E-state index in [0.717, 1.165) is 11.3 Å². The highest BCUT2D eigenvalue weighted by Gasteiger charge is 2.13. The van der Waals surface area contributed by atoms with E-state index in [4.69, 9.17) is 11.6 Å². The van der Waals surface area contributed by atoms with Gasteiger partial charge in [-0.25, -0.2) is 4.39 Å². The molecule has 0 aliphatic heterocycles. The van der Waals surface area contributed by atoms with E-state index in [1.807, 2.05) is 13.2 Å². The minimum Gasteiger partial charge on any atom is -0.379 e. The number of hydrogen-bond acceptors (Lipinski definition) is 2. The summed E-state index contributed by atoms with van der Waals surface area (Å²) in [4.78, 5) is 0. The molecule has 2 aromatic rings. The zero-order valence-corrected chi connectivity index (χ0v) is 13.9. The Balaban J connectivity index is 2.21. The maximum absolute atomic E-state index is 13.2. The topological polar surface area (TPSA) is 29.9 Å². The highest BCUT2D eigenvalue weighted by Crippen LogP contribution is 2.32. The Morgan fingerprint density at radius 2 is 2.15 bits per heavy atom. The van der Waals surface area contributed by atoms with Crippen molar-refractivity contribution in [3.05, 3.63) is 44.9 Å². The molecule has 6 heteroatoms. The number of benzene rings is 1. The second-order valence-electron chi connectivity index (χ2n) is 4.97. The van der Waals surface area contributed by atoms with Gasteiger partial charge >= 0.3 is 0 Å². The average molecular weight is 361 g/mol. The van der Waals surface area contributed by atoms with Gasteiger partial charge in [-0.1, -0.05) is 25.4 Å². The first-order valence-electron chi connectivity index (χ1n) is 6.29. The number of anilines is 1. The van der Waals surface area contributed by atoms with Crippen LogP contribution in [-0.4, -0.2) is 9.78 Å². The summed E-state index contributed by atoms with van der Waals surface area (Å²) in [6.07, 6.45) is 1.98. The molecular formula is C14H16BrClFN3. The van der Waals surface area contributed by atoms with E-state index in [0.29, 0.717) is 27.6 Å². The van der Waals surface area contributed by atoms with Crippen molar-refractivity contribution >= 4 is 33.2 Å². The Bertz CT molecular complexity index is 602. The Kier molecular flexibility index (Phi) is 4.70. The number of nitrogens with zero attached hydrogens (tertiary/aromatic N) is 2. The van der Waals surface area contributed by atoms with Gasteiger partial charge in [-0.05, 0) is 34.0 Å². The Morgan fingerprint density at radius 1 is 1.45 bits per heavy atom. The molecule has 1 aromatic carbocycles. The first kappa shape index (κ1) is 15.3. The first-order valence-corrected chi connectivity index (χ1v) is 7.46. The Labute approximate surface area is 131 Å². The summed E-state index contributed by atoms with van der Waals surface area (Å²) in [6.45, 7) is 4.80. The van der Waals surface area contributed by atoms with Crippen LogP contribution in [0.25, 0.3) is 0 Å². The van der Waals surface area contributed by atoms with Crippen LogP contribution in [-0.2, 0) is 13.6 Å².